The van der Waals surface area contributed by atoms with Gasteiger partial charge in [-0.2, -0.15) is 13.2 Å². The molecule has 2 aliphatic rings. The number of aryl methyl sites for hydroxylation is 1. The van der Waals surface area contributed by atoms with Crippen molar-refractivity contribution in [1.29, 1.82) is 0 Å². The monoisotopic (exact) mass is 499 g/mol. The zero-order chi connectivity index (χ0) is 25.3. The number of fused-ring (bicyclic) bond motifs is 1. The van der Waals surface area contributed by atoms with Crippen molar-refractivity contribution in [1.82, 2.24) is 20.2 Å². The Bertz CT molecular complexity index is 1220. The number of carbonyl (C=O) groups excluding carboxylic acids is 1. The summed E-state index contributed by atoms with van der Waals surface area (Å²) in [5.41, 5.74) is 1.91. The number of nitrogens with zero attached hydrogens (tertiary/aromatic N) is 3. The standard InChI is InChI=1S/C27H32F3N5O/c1-18-5-2-6-21(15-18)34-12-4-7-20(11-14-34)35-13-10-19(17-35)31-25(36)16-24-32-23-9-3-8-22(26(23)33-24)27(28,29)30/h2-3,5-6,8-9,15,19-20H,4,7,10-14,16-17H2,1H3,(H,31,36)(H,32,33)/t19-,20?/m1/s1. The maximum absolute atomic E-state index is 13.3. The molecule has 3 heterocycles. The number of hydrogen-bond acceptors (Lipinski definition) is 4. The van der Waals surface area contributed by atoms with Crippen LogP contribution in [0.5, 0.6) is 0 Å². The molecular weight excluding hydrogens is 467 g/mol. The number of hydrogen-bond donors (Lipinski definition) is 2. The topological polar surface area (TPSA) is 64.3 Å². The second kappa shape index (κ2) is 10.1. The largest absolute Gasteiger partial charge is 0.418 e. The van der Waals surface area contributed by atoms with E-state index in [9.17, 15) is 18.0 Å². The van der Waals surface area contributed by atoms with Crippen molar-refractivity contribution in [2.75, 3.05) is 31.1 Å². The fourth-order valence-corrected chi connectivity index (χ4v) is 5.59. The van der Waals surface area contributed by atoms with Crippen molar-refractivity contribution in [3.8, 4) is 0 Å². The average Bonchev–Trinajstić information content (AvgIpc) is 3.37. The van der Waals surface area contributed by atoms with Gasteiger partial charge < -0.3 is 15.2 Å². The van der Waals surface area contributed by atoms with Gasteiger partial charge in [0.2, 0.25) is 5.91 Å². The van der Waals surface area contributed by atoms with Gasteiger partial charge in [-0.05, 0) is 62.4 Å². The van der Waals surface area contributed by atoms with E-state index in [4.69, 9.17) is 0 Å². The molecule has 2 aliphatic heterocycles. The van der Waals surface area contributed by atoms with Crippen LogP contribution in [-0.2, 0) is 17.4 Å². The van der Waals surface area contributed by atoms with E-state index in [1.165, 1.54) is 17.3 Å². The molecule has 1 unspecified atom stereocenters. The van der Waals surface area contributed by atoms with Crippen molar-refractivity contribution >= 4 is 22.6 Å². The molecule has 0 spiro atoms. The summed E-state index contributed by atoms with van der Waals surface area (Å²) in [5.74, 6) is 0.0232. The lowest BCUT2D eigenvalue weighted by Crippen LogP contribution is -2.40. The molecule has 9 heteroatoms. The number of aromatic amines is 1. The van der Waals surface area contributed by atoms with Crippen LogP contribution in [0.1, 0.15) is 42.6 Å². The van der Waals surface area contributed by atoms with E-state index in [0.717, 1.165) is 57.9 Å². The van der Waals surface area contributed by atoms with Crippen LogP contribution < -0.4 is 10.2 Å². The number of para-hydroxylation sites is 1. The maximum atomic E-state index is 13.3. The third-order valence-corrected chi connectivity index (χ3v) is 7.36. The fourth-order valence-electron chi connectivity index (χ4n) is 5.59. The molecule has 2 N–H and O–H groups in total. The van der Waals surface area contributed by atoms with Crippen molar-refractivity contribution in [3.05, 3.63) is 59.4 Å². The van der Waals surface area contributed by atoms with Gasteiger partial charge in [-0.3, -0.25) is 9.69 Å². The number of rotatable bonds is 5. The van der Waals surface area contributed by atoms with E-state index in [1.54, 1.807) is 6.07 Å². The molecule has 3 aromatic rings. The third kappa shape index (κ3) is 5.51. The fraction of sp³-hybridized carbons (Fsp3) is 0.481. The molecule has 6 nitrogen and oxygen atoms in total. The van der Waals surface area contributed by atoms with E-state index in [2.05, 4.69) is 56.3 Å². The van der Waals surface area contributed by atoms with Gasteiger partial charge in [-0.15, -0.1) is 0 Å². The minimum absolute atomic E-state index is 0.0451. The first-order chi connectivity index (χ1) is 17.3. The van der Waals surface area contributed by atoms with Crippen molar-refractivity contribution < 1.29 is 18.0 Å². The van der Waals surface area contributed by atoms with Crippen LogP contribution in [0.25, 0.3) is 11.0 Å². The summed E-state index contributed by atoms with van der Waals surface area (Å²) in [6, 6.07) is 13.1. The summed E-state index contributed by atoms with van der Waals surface area (Å²) in [6.45, 7) is 5.95. The van der Waals surface area contributed by atoms with E-state index in [1.807, 2.05) is 0 Å². The van der Waals surface area contributed by atoms with Crippen LogP contribution in [0.15, 0.2) is 42.5 Å². The van der Waals surface area contributed by atoms with Crippen LogP contribution in [-0.4, -0.2) is 59.0 Å². The summed E-state index contributed by atoms with van der Waals surface area (Å²) in [5, 5.41) is 3.07. The summed E-state index contributed by atoms with van der Waals surface area (Å²) in [7, 11) is 0. The van der Waals surface area contributed by atoms with E-state index < -0.39 is 11.7 Å². The Morgan fingerprint density at radius 2 is 1.94 bits per heavy atom. The van der Waals surface area contributed by atoms with Gasteiger partial charge in [0.15, 0.2) is 0 Å². The lowest BCUT2D eigenvalue weighted by Gasteiger charge is -2.27. The predicted molar refractivity (Wildman–Crippen MR) is 134 cm³/mol. The lowest BCUT2D eigenvalue weighted by molar-refractivity contribution is -0.136. The van der Waals surface area contributed by atoms with Gasteiger partial charge in [0.05, 0.1) is 17.5 Å². The Morgan fingerprint density at radius 3 is 2.75 bits per heavy atom. The smallest absolute Gasteiger partial charge is 0.371 e. The molecule has 2 fully saturated rings. The zero-order valence-corrected chi connectivity index (χ0v) is 20.4. The van der Waals surface area contributed by atoms with Crippen LogP contribution in [0.4, 0.5) is 18.9 Å². The Balaban J connectivity index is 1.14. The number of imidazole rings is 1. The summed E-state index contributed by atoms with van der Waals surface area (Å²) >= 11 is 0. The zero-order valence-electron chi connectivity index (χ0n) is 20.4. The van der Waals surface area contributed by atoms with Gasteiger partial charge >= 0.3 is 6.18 Å². The number of halogens is 3. The van der Waals surface area contributed by atoms with Crippen LogP contribution in [0.3, 0.4) is 0 Å². The van der Waals surface area contributed by atoms with Crippen LogP contribution in [0, 0.1) is 6.92 Å². The summed E-state index contributed by atoms with van der Waals surface area (Å²) in [4.78, 5) is 24.6. The Kier molecular flexibility index (Phi) is 6.92. The third-order valence-electron chi connectivity index (χ3n) is 7.36. The minimum Gasteiger partial charge on any atom is -0.371 e. The van der Waals surface area contributed by atoms with E-state index in [0.29, 0.717) is 6.04 Å². The predicted octanol–water partition coefficient (Wildman–Crippen LogP) is 4.68. The number of anilines is 1. The van der Waals surface area contributed by atoms with E-state index >= 15 is 0 Å². The number of nitrogens with one attached hydrogen (secondary N) is 2. The number of amides is 1. The number of benzene rings is 2. The normalized spacial score (nSPS) is 21.6. The second-order valence-electron chi connectivity index (χ2n) is 10.0. The highest BCUT2D eigenvalue weighted by Gasteiger charge is 2.34. The lowest BCUT2D eigenvalue weighted by atomic mass is 10.1. The SMILES string of the molecule is Cc1cccc(N2CCCC(N3CC[C@@H](NC(=O)Cc4nc5c(C(F)(F)F)cccc5[nH]4)C3)CC2)c1. The molecule has 0 aliphatic carbocycles. The molecule has 5 rings (SSSR count). The highest BCUT2D eigenvalue weighted by atomic mass is 19.4. The Morgan fingerprint density at radius 1 is 1.11 bits per heavy atom. The molecular formula is C27H32F3N5O. The first kappa shape index (κ1) is 24.6. The van der Waals surface area contributed by atoms with Crippen molar-refractivity contribution in [2.24, 2.45) is 0 Å². The number of H-pyrrole nitrogens is 1. The first-order valence-corrected chi connectivity index (χ1v) is 12.7. The highest BCUT2D eigenvalue weighted by Crippen LogP contribution is 2.33. The summed E-state index contributed by atoms with van der Waals surface area (Å²) in [6.07, 6.45) is -0.313. The highest BCUT2D eigenvalue weighted by molar-refractivity contribution is 5.82. The molecule has 1 aromatic heterocycles. The number of carbonyl (C=O) groups is 1. The molecule has 36 heavy (non-hydrogen) atoms. The number of likely N-dealkylation sites (tertiary alicyclic amines) is 1. The quantitative estimate of drug-likeness (QED) is 0.535. The van der Waals surface area contributed by atoms with Gasteiger partial charge in [0, 0.05) is 44.0 Å². The molecule has 2 aromatic carbocycles. The first-order valence-electron chi connectivity index (χ1n) is 12.7. The molecule has 2 saturated heterocycles. The van der Waals surface area contributed by atoms with Crippen LogP contribution in [0.2, 0.25) is 0 Å². The Hall–Kier alpha value is -3.07. The average molecular weight is 500 g/mol. The molecule has 0 saturated carbocycles. The molecule has 1 amide bonds. The van der Waals surface area contributed by atoms with Gasteiger partial charge in [-0.1, -0.05) is 18.2 Å². The molecule has 192 valence electrons. The van der Waals surface area contributed by atoms with Gasteiger partial charge in [0.1, 0.15) is 11.3 Å². The summed E-state index contributed by atoms with van der Waals surface area (Å²) < 4.78 is 39.8. The maximum Gasteiger partial charge on any atom is 0.418 e. The molecule has 0 bridgehead atoms. The molecule has 0 radical (unpaired) electrons. The van der Waals surface area contributed by atoms with E-state index in [-0.39, 0.29) is 35.2 Å². The Labute approximate surface area is 208 Å². The number of aromatic nitrogens is 2. The van der Waals surface area contributed by atoms with Crippen molar-refractivity contribution in [3.63, 3.8) is 0 Å². The number of alkyl halides is 3. The minimum atomic E-state index is -4.49. The van der Waals surface area contributed by atoms with Gasteiger partial charge in [-0.25, -0.2) is 4.98 Å². The molecule has 2 atom stereocenters. The van der Waals surface area contributed by atoms with Crippen molar-refractivity contribution in [2.45, 2.75) is 57.3 Å². The van der Waals surface area contributed by atoms with Crippen LogP contribution >= 0.6 is 0 Å². The van der Waals surface area contributed by atoms with Gasteiger partial charge in [0.25, 0.3) is 0 Å². The second-order valence-corrected chi connectivity index (χ2v) is 10.0.